The van der Waals surface area contributed by atoms with E-state index in [-0.39, 0.29) is 17.1 Å². The first-order valence-corrected chi connectivity index (χ1v) is 6.41. The summed E-state index contributed by atoms with van der Waals surface area (Å²) in [4.78, 5) is 0. The van der Waals surface area contributed by atoms with Gasteiger partial charge in [-0.3, -0.25) is 0 Å². The van der Waals surface area contributed by atoms with Crippen LogP contribution in [0.2, 0.25) is 5.02 Å². The monoisotopic (exact) mass is 306 g/mol. The molecule has 0 aliphatic rings. The summed E-state index contributed by atoms with van der Waals surface area (Å²) in [6.07, 6.45) is 0. The molecule has 2 aromatic carbocycles. The summed E-state index contributed by atoms with van der Waals surface area (Å²) in [7, 11) is 0. The van der Waals surface area contributed by atoms with Crippen LogP contribution in [0.25, 0.3) is 22.5 Å². The van der Waals surface area contributed by atoms with Gasteiger partial charge in [0.25, 0.3) is 0 Å². The van der Waals surface area contributed by atoms with E-state index in [1.165, 1.54) is 6.07 Å². The summed E-state index contributed by atoms with van der Waals surface area (Å²) in [6, 6.07) is 10.2. The van der Waals surface area contributed by atoms with Gasteiger partial charge < -0.3 is 10.3 Å². The molecule has 3 nitrogen and oxygen atoms in total. The van der Waals surface area contributed by atoms with E-state index < -0.39 is 11.6 Å². The molecule has 0 radical (unpaired) electrons. The number of benzene rings is 2. The maximum absolute atomic E-state index is 13.9. The molecule has 1 heterocycles. The van der Waals surface area contributed by atoms with Gasteiger partial charge in [0.1, 0.15) is 11.6 Å². The van der Waals surface area contributed by atoms with E-state index in [2.05, 4.69) is 5.16 Å². The Kier molecular flexibility index (Phi) is 3.35. The number of nitrogen functional groups attached to an aromatic ring is 1. The molecule has 0 aliphatic heterocycles. The number of rotatable bonds is 2. The van der Waals surface area contributed by atoms with Gasteiger partial charge in [-0.15, -0.1) is 0 Å². The Morgan fingerprint density at radius 2 is 1.57 bits per heavy atom. The van der Waals surface area contributed by atoms with Gasteiger partial charge in [-0.25, -0.2) is 8.78 Å². The molecule has 0 atom stereocenters. The number of hydrogen-bond acceptors (Lipinski definition) is 3. The van der Waals surface area contributed by atoms with Crippen LogP contribution in [0.3, 0.4) is 0 Å². The van der Waals surface area contributed by atoms with Crippen molar-refractivity contribution in [3.8, 4) is 22.5 Å². The molecular weight excluding hydrogens is 298 g/mol. The van der Waals surface area contributed by atoms with Crippen LogP contribution in [0.5, 0.6) is 0 Å². The van der Waals surface area contributed by atoms with Gasteiger partial charge in [-0.05, 0) is 29.8 Å². The summed E-state index contributed by atoms with van der Waals surface area (Å²) in [5, 5.41) is 4.15. The first-order chi connectivity index (χ1) is 10.1. The van der Waals surface area contributed by atoms with E-state index >= 15 is 0 Å². The Hall–Kier alpha value is -2.40. The molecule has 0 saturated heterocycles. The van der Waals surface area contributed by atoms with Gasteiger partial charge in [0.2, 0.25) is 0 Å². The number of nitrogens with two attached hydrogens (primary N) is 1. The lowest BCUT2D eigenvalue weighted by atomic mass is 10.0. The Balaban J connectivity index is 2.24. The molecule has 0 amide bonds. The lowest BCUT2D eigenvalue weighted by Crippen LogP contribution is -1.92. The normalized spacial score (nSPS) is 10.8. The van der Waals surface area contributed by atoms with Gasteiger partial charge in [0.05, 0.1) is 11.1 Å². The van der Waals surface area contributed by atoms with Crippen LogP contribution in [-0.2, 0) is 0 Å². The highest BCUT2D eigenvalue weighted by molar-refractivity contribution is 6.30. The Labute approximate surface area is 123 Å². The van der Waals surface area contributed by atoms with Crippen molar-refractivity contribution in [3.05, 3.63) is 59.1 Å². The SMILES string of the molecule is Nc1noc(-c2c(F)cccc2F)c1-c1ccc(Cl)cc1. The predicted octanol–water partition coefficient (Wildman–Crippen LogP) is 4.52. The lowest BCUT2D eigenvalue weighted by molar-refractivity contribution is 0.430. The van der Waals surface area contributed by atoms with E-state index in [0.29, 0.717) is 16.1 Å². The zero-order chi connectivity index (χ0) is 15.0. The molecule has 6 heteroatoms. The molecule has 0 fully saturated rings. The van der Waals surface area contributed by atoms with Crippen molar-refractivity contribution in [1.82, 2.24) is 5.16 Å². The molecule has 0 saturated carbocycles. The summed E-state index contributed by atoms with van der Waals surface area (Å²) in [6.45, 7) is 0. The van der Waals surface area contributed by atoms with E-state index in [0.717, 1.165) is 12.1 Å². The van der Waals surface area contributed by atoms with Gasteiger partial charge in [0.15, 0.2) is 11.6 Å². The van der Waals surface area contributed by atoms with Gasteiger partial charge >= 0.3 is 0 Å². The molecule has 3 aromatic rings. The highest BCUT2D eigenvalue weighted by Crippen LogP contribution is 2.38. The smallest absolute Gasteiger partial charge is 0.182 e. The second-order valence-electron chi connectivity index (χ2n) is 4.38. The fourth-order valence-corrected chi connectivity index (χ4v) is 2.21. The topological polar surface area (TPSA) is 52.0 Å². The minimum atomic E-state index is -0.749. The molecule has 3 rings (SSSR count). The third-order valence-electron chi connectivity index (χ3n) is 3.04. The Morgan fingerprint density at radius 3 is 2.19 bits per heavy atom. The van der Waals surface area contributed by atoms with Crippen LogP contribution in [-0.4, -0.2) is 5.16 Å². The van der Waals surface area contributed by atoms with Crippen molar-refractivity contribution in [2.24, 2.45) is 0 Å². The largest absolute Gasteiger partial charge is 0.380 e. The fourth-order valence-electron chi connectivity index (χ4n) is 2.08. The number of aromatic nitrogens is 1. The molecule has 0 aliphatic carbocycles. The van der Waals surface area contributed by atoms with Gasteiger partial charge in [-0.2, -0.15) is 0 Å². The number of halogens is 3. The van der Waals surface area contributed by atoms with Crippen molar-refractivity contribution in [2.45, 2.75) is 0 Å². The molecule has 0 unspecified atom stereocenters. The quantitative estimate of drug-likeness (QED) is 0.757. The number of anilines is 1. The minimum Gasteiger partial charge on any atom is -0.380 e. The van der Waals surface area contributed by atoms with Crippen molar-refractivity contribution < 1.29 is 13.3 Å². The minimum absolute atomic E-state index is 0.0505. The average Bonchev–Trinajstić information content (AvgIpc) is 2.82. The standard InChI is InChI=1S/C15H9ClF2N2O/c16-9-6-4-8(5-7-9)12-14(21-20-15(12)19)13-10(17)2-1-3-11(13)18/h1-7H,(H2,19,20). The van der Waals surface area contributed by atoms with Crippen molar-refractivity contribution in [3.63, 3.8) is 0 Å². The molecule has 21 heavy (non-hydrogen) atoms. The Bertz CT molecular complexity index is 780. The maximum Gasteiger partial charge on any atom is 0.182 e. The molecule has 0 spiro atoms. The highest BCUT2D eigenvalue weighted by atomic mass is 35.5. The predicted molar refractivity (Wildman–Crippen MR) is 76.7 cm³/mol. The highest BCUT2D eigenvalue weighted by Gasteiger charge is 2.23. The zero-order valence-corrected chi connectivity index (χ0v) is 11.4. The lowest BCUT2D eigenvalue weighted by Gasteiger charge is -2.05. The van der Waals surface area contributed by atoms with Crippen LogP contribution in [0, 0.1) is 11.6 Å². The van der Waals surface area contributed by atoms with Crippen molar-refractivity contribution in [1.29, 1.82) is 0 Å². The summed E-state index contributed by atoms with van der Waals surface area (Å²) >= 11 is 5.83. The summed E-state index contributed by atoms with van der Waals surface area (Å²) in [5.41, 5.74) is 6.40. The van der Waals surface area contributed by atoms with Crippen molar-refractivity contribution in [2.75, 3.05) is 5.73 Å². The van der Waals surface area contributed by atoms with Crippen LogP contribution < -0.4 is 5.73 Å². The van der Waals surface area contributed by atoms with Crippen LogP contribution >= 0.6 is 11.6 Å². The molecule has 106 valence electrons. The maximum atomic E-state index is 13.9. The van der Waals surface area contributed by atoms with Crippen LogP contribution in [0.15, 0.2) is 47.0 Å². The first-order valence-electron chi connectivity index (χ1n) is 6.03. The van der Waals surface area contributed by atoms with Crippen LogP contribution in [0.4, 0.5) is 14.6 Å². The number of nitrogens with zero attached hydrogens (tertiary/aromatic N) is 1. The third-order valence-corrected chi connectivity index (χ3v) is 3.29. The van der Waals surface area contributed by atoms with E-state index in [1.54, 1.807) is 24.3 Å². The first kappa shape index (κ1) is 13.6. The number of hydrogen-bond donors (Lipinski definition) is 1. The molecular formula is C15H9ClF2N2O. The van der Waals surface area contributed by atoms with E-state index in [1.807, 2.05) is 0 Å². The van der Waals surface area contributed by atoms with Gasteiger partial charge in [0, 0.05) is 5.02 Å². The second-order valence-corrected chi connectivity index (χ2v) is 4.81. The zero-order valence-electron chi connectivity index (χ0n) is 10.6. The fraction of sp³-hybridized carbons (Fsp3) is 0. The summed E-state index contributed by atoms with van der Waals surface area (Å²) in [5.74, 6) is -1.50. The molecule has 2 N–H and O–H groups in total. The average molecular weight is 307 g/mol. The van der Waals surface area contributed by atoms with Gasteiger partial charge in [-0.1, -0.05) is 35.0 Å². The summed E-state index contributed by atoms with van der Waals surface area (Å²) < 4.78 is 32.9. The van der Waals surface area contributed by atoms with E-state index in [4.69, 9.17) is 21.9 Å². The van der Waals surface area contributed by atoms with Crippen molar-refractivity contribution >= 4 is 17.4 Å². The van der Waals surface area contributed by atoms with Crippen LogP contribution in [0.1, 0.15) is 0 Å². The molecule has 0 bridgehead atoms. The van der Waals surface area contributed by atoms with E-state index in [9.17, 15) is 8.78 Å². The second kappa shape index (κ2) is 5.18. The third kappa shape index (κ3) is 2.36. The molecule has 1 aromatic heterocycles. The Morgan fingerprint density at radius 1 is 0.952 bits per heavy atom.